The molecular weight excluding hydrogens is 258 g/mol. The number of hydrogen-bond acceptors (Lipinski definition) is 3. The molecule has 0 atom stereocenters. The molecule has 1 aromatic carbocycles. The Bertz CT molecular complexity index is 428. The van der Waals surface area contributed by atoms with E-state index in [0.29, 0.717) is 12.8 Å². The molecule has 110 valence electrons. The topological polar surface area (TPSA) is 75.6 Å². The summed E-state index contributed by atoms with van der Waals surface area (Å²) in [5.41, 5.74) is 1.04. The Kier molecular flexibility index (Phi) is 7.17. The van der Waals surface area contributed by atoms with Gasteiger partial charge in [-0.3, -0.25) is 4.79 Å². The van der Waals surface area contributed by atoms with Crippen molar-refractivity contribution < 1.29 is 19.4 Å². The molecule has 0 aliphatic carbocycles. The van der Waals surface area contributed by atoms with Crippen molar-refractivity contribution in [2.24, 2.45) is 0 Å². The zero-order valence-electron chi connectivity index (χ0n) is 11.7. The Balaban J connectivity index is 2.30. The molecule has 0 heterocycles. The second kappa shape index (κ2) is 8.96. The SMILES string of the molecule is CCCCOc1ccc(CCC(=O)CNC(=O)O)cc1. The van der Waals surface area contributed by atoms with Gasteiger partial charge in [-0.2, -0.15) is 0 Å². The highest BCUT2D eigenvalue weighted by molar-refractivity contribution is 5.83. The number of nitrogens with one attached hydrogen (secondary N) is 1. The summed E-state index contributed by atoms with van der Waals surface area (Å²) in [4.78, 5) is 21.7. The average Bonchev–Trinajstić information content (AvgIpc) is 2.44. The lowest BCUT2D eigenvalue weighted by molar-refractivity contribution is -0.118. The minimum atomic E-state index is -1.17. The van der Waals surface area contributed by atoms with Gasteiger partial charge in [0.15, 0.2) is 5.78 Å². The van der Waals surface area contributed by atoms with Crippen LogP contribution in [0.1, 0.15) is 31.7 Å². The molecule has 5 nitrogen and oxygen atoms in total. The summed E-state index contributed by atoms with van der Waals surface area (Å²) in [6, 6.07) is 7.65. The molecule has 0 fully saturated rings. The maximum atomic E-state index is 11.4. The highest BCUT2D eigenvalue weighted by atomic mass is 16.5. The summed E-state index contributed by atoms with van der Waals surface area (Å²) >= 11 is 0. The first kappa shape index (κ1) is 16.0. The van der Waals surface area contributed by atoms with Gasteiger partial charge in [0.25, 0.3) is 0 Å². The zero-order valence-corrected chi connectivity index (χ0v) is 11.7. The van der Waals surface area contributed by atoms with Crippen LogP contribution in [0.15, 0.2) is 24.3 Å². The van der Waals surface area contributed by atoms with Gasteiger partial charge in [-0.15, -0.1) is 0 Å². The van der Waals surface area contributed by atoms with Gasteiger partial charge < -0.3 is 15.2 Å². The normalized spacial score (nSPS) is 10.1. The lowest BCUT2D eigenvalue weighted by Crippen LogP contribution is -2.27. The minimum absolute atomic E-state index is 0.115. The standard InChI is InChI=1S/C15H21NO4/c1-2-3-10-20-14-8-5-12(6-9-14)4-7-13(17)11-16-15(18)19/h5-6,8-9,16H,2-4,7,10-11H2,1H3,(H,18,19). The average molecular weight is 279 g/mol. The molecule has 0 bridgehead atoms. The second-order valence-electron chi connectivity index (χ2n) is 4.54. The highest BCUT2D eigenvalue weighted by Crippen LogP contribution is 2.13. The first-order chi connectivity index (χ1) is 9.61. The van der Waals surface area contributed by atoms with Crippen LogP contribution in [-0.2, 0) is 11.2 Å². The monoisotopic (exact) mass is 279 g/mol. The molecule has 0 radical (unpaired) electrons. The van der Waals surface area contributed by atoms with Gasteiger partial charge in [0.05, 0.1) is 13.2 Å². The molecule has 1 aromatic rings. The van der Waals surface area contributed by atoms with E-state index in [2.05, 4.69) is 12.2 Å². The first-order valence-electron chi connectivity index (χ1n) is 6.82. The summed E-state index contributed by atoms with van der Waals surface area (Å²) in [6.07, 6.45) is 1.90. The number of benzene rings is 1. The van der Waals surface area contributed by atoms with Crippen LogP contribution in [0.2, 0.25) is 0 Å². The maximum absolute atomic E-state index is 11.4. The van der Waals surface area contributed by atoms with Crippen LogP contribution in [0.5, 0.6) is 5.75 Å². The van der Waals surface area contributed by atoms with E-state index in [1.807, 2.05) is 24.3 Å². The molecule has 0 saturated heterocycles. The third-order valence-electron chi connectivity index (χ3n) is 2.82. The van der Waals surface area contributed by atoms with Crippen molar-refractivity contribution >= 4 is 11.9 Å². The lowest BCUT2D eigenvalue weighted by atomic mass is 10.1. The first-order valence-corrected chi connectivity index (χ1v) is 6.82. The fourth-order valence-corrected chi connectivity index (χ4v) is 1.63. The predicted octanol–water partition coefficient (Wildman–Crippen LogP) is 2.63. The number of Topliss-reactive ketones (excluding diaryl/α,β-unsaturated/α-hetero) is 1. The quantitative estimate of drug-likeness (QED) is 0.681. The van der Waals surface area contributed by atoms with Gasteiger partial charge in [-0.25, -0.2) is 4.79 Å². The molecule has 5 heteroatoms. The van der Waals surface area contributed by atoms with Crippen LogP contribution in [0.4, 0.5) is 4.79 Å². The van der Waals surface area contributed by atoms with E-state index in [0.717, 1.165) is 30.8 Å². The second-order valence-corrected chi connectivity index (χ2v) is 4.54. The molecule has 1 rings (SSSR count). The van der Waals surface area contributed by atoms with E-state index < -0.39 is 6.09 Å². The number of carboxylic acid groups (broad SMARTS) is 1. The molecule has 0 saturated carbocycles. The molecule has 1 amide bonds. The van der Waals surface area contributed by atoms with Crippen LogP contribution >= 0.6 is 0 Å². The number of carbonyl (C=O) groups is 2. The van der Waals surface area contributed by atoms with E-state index in [1.165, 1.54) is 0 Å². The van der Waals surface area contributed by atoms with E-state index in [9.17, 15) is 9.59 Å². The Labute approximate surface area is 118 Å². The van der Waals surface area contributed by atoms with Crippen molar-refractivity contribution in [2.75, 3.05) is 13.2 Å². The van der Waals surface area contributed by atoms with Crippen molar-refractivity contribution in [3.63, 3.8) is 0 Å². The molecule has 0 unspecified atom stereocenters. The number of hydrogen-bond donors (Lipinski definition) is 2. The lowest BCUT2D eigenvalue weighted by Gasteiger charge is -2.06. The summed E-state index contributed by atoms with van der Waals surface area (Å²) in [7, 11) is 0. The Morgan fingerprint density at radius 3 is 2.55 bits per heavy atom. The third kappa shape index (κ3) is 6.78. The third-order valence-corrected chi connectivity index (χ3v) is 2.82. The molecule has 0 aliphatic rings. The van der Waals surface area contributed by atoms with E-state index in [1.54, 1.807) is 0 Å². The minimum Gasteiger partial charge on any atom is -0.494 e. The van der Waals surface area contributed by atoms with Crippen molar-refractivity contribution in [1.82, 2.24) is 5.32 Å². The van der Waals surface area contributed by atoms with Crippen molar-refractivity contribution in [1.29, 1.82) is 0 Å². The van der Waals surface area contributed by atoms with Gasteiger partial charge in [-0.05, 0) is 30.5 Å². The number of amides is 1. The molecule has 20 heavy (non-hydrogen) atoms. The molecular formula is C15H21NO4. The largest absolute Gasteiger partial charge is 0.494 e. The van der Waals surface area contributed by atoms with Gasteiger partial charge in [0.2, 0.25) is 0 Å². The smallest absolute Gasteiger partial charge is 0.405 e. The van der Waals surface area contributed by atoms with E-state index >= 15 is 0 Å². The predicted molar refractivity (Wildman–Crippen MR) is 76.2 cm³/mol. The number of aryl methyl sites for hydroxylation is 1. The summed E-state index contributed by atoms with van der Waals surface area (Å²) < 4.78 is 5.55. The Morgan fingerprint density at radius 2 is 1.95 bits per heavy atom. The van der Waals surface area contributed by atoms with E-state index in [4.69, 9.17) is 9.84 Å². The zero-order chi connectivity index (χ0) is 14.8. The molecule has 0 aliphatic heterocycles. The Morgan fingerprint density at radius 1 is 1.25 bits per heavy atom. The Hall–Kier alpha value is -2.04. The van der Waals surface area contributed by atoms with Crippen LogP contribution < -0.4 is 10.1 Å². The fraction of sp³-hybridized carbons (Fsp3) is 0.467. The number of rotatable bonds is 9. The van der Waals surface area contributed by atoms with Gasteiger partial charge >= 0.3 is 6.09 Å². The summed E-state index contributed by atoms with van der Waals surface area (Å²) in [6.45, 7) is 2.70. The van der Waals surface area contributed by atoms with Crippen LogP contribution in [0, 0.1) is 0 Å². The molecule has 2 N–H and O–H groups in total. The van der Waals surface area contributed by atoms with Gasteiger partial charge in [0, 0.05) is 6.42 Å². The van der Waals surface area contributed by atoms with Crippen molar-refractivity contribution in [3.8, 4) is 5.75 Å². The van der Waals surface area contributed by atoms with Crippen LogP contribution in [0.25, 0.3) is 0 Å². The molecule has 0 aromatic heterocycles. The number of unbranched alkanes of at least 4 members (excludes halogenated alkanes) is 1. The summed E-state index contributed by atoms with van der Waals surface area (Å²) in [5.74, 6) is 0.719. The van der Waals surface area contributed by atoms with Gasteiger partial charge in [0.1, 0.15) is 5.75 Å². The highest BCUT2D eigenvalue weighted by Gasteiger charge is 2.04. The fourth-order valence-electron chi connectivity index (χ4n) is 1.63. The van der Waals surface area contributed by atoms with Gasteiger partial charge in [-0.1, -0.05) is 25.5 Å². The summed E-state index contributed by atoms with van der Waals surface area (Å²) in [5, 5.41) is 10.5. The van der Waals surface area contributed by atoms with E-state index in [-0.39, 0.29) is 12.3 Å². The maximum Gasteiger partial charge on any atom is 0.405 e. The molecule has 0 spiro atoms. The van der Waals surface area contributed by atoms with Crippen LogP contribution in [0.3, 0.4) is 0 Å². The van der Waals surface area contributed by atoms with Crippen molar-refractivity contribution in [2.45, 2.75) is 32.6 Å². The number of ether oxygens (including phenoxy) is 1. The number of ketones is 1. The van der Waals surface area contributed by atoms with Crippen LogP contribution in [-0.4, -0.2) is 30.1 Å². The van der Waals surface area contributed by atoms with Crippen molar-refractivity contribution in [3.05, 3.63) is 29.8 Å². The number of carbonyl (C=O) groups excluding carboxylic acids is 1.